The molecule has 0 saturated carbocycles. The van der Waals surface area contributed by atoms with Gasteiger partial charge in [0.1, 0.15) is 11.3 Å². The summed E-state index contributed by atoms with van der Waals surface area (Å²) in [5.41, 5.74) is 2.33. The molecule has 1 aromatic heterocycles. The number of hydrogen-bond acceptors (Lipinski definition) is 4. The molecule has 1 N–H and O–H groups in total. The molecule has 0 aliphatic rings. The number of amides is 1. The van der Waals surface area contributed by atoms with Gasteiger partial charge in [0.25, 0.3) is 5.91 Å². The van der Waals surface area contributed by atoms with E-state index in [0.29, 0.717) is 26.9 Å². The van der Waals surface area contributed by atoms with Gasteiger partial charge in [-0.25, -0.2) is 0 Å². The number of nitrogens with zero attached hydrogens (tertiary/aromatic N) is 1. The van der Waals surface area contributed by atoms with Crippen molar-refractivity contribution < 1.29 is 13.9 Å². The molecule has 0 fully saturated rings. The lowest BCUT2D eigenvalue weighted by atomic mass is 10.2. The van der Waals surface area contributed by atoms with Gasteiger partial charge in [0.2, 0.25) is 0 Å². The Kier molecular flexibility index (Phi) is 4.41. The van der Waals surface area contributed by atoms with Gasteiger partial charge in [0.05, 0.1) is 5.02 Å². The summed E-state index contributed by atoms with van der Waals surface area (Å²) in [6.07, 6.45) is 0. The summed E-state index contributed by atoms with van der Waals surface area (Å²) in [6, 6.07) is 10.5. The number of halogens is 2. The molecule has 118 valence electrons. The molecule has 3 aromatic rings. The highest BCUT2D eigenvalue weighted by molar-refractivity contribution is 6.35. The van der Waals surface area contributed by atoms with E-state index in [9.17, 15) is 4.79 Å². The zero-order chi connectivity index (χ0) is 16.4. The van der Waals surface area contributed by atoms with Gasteiger partial charge >= 0.3 is 6.01 Å². The van der Waals surface area contributed by atoms with Gasteiger partial charge in [-0.15, -0.1) is 0 Å². The highest BCUT2D eigenvalue weighted by Gasteiger charge is 2.11. The summed E-state index contributed by atoms with van der Waals surface area (Å²) in [5, 5.41) is 3.37. The minimum Gasteiger partial charge on any atom is -0.482 e. The minimum absolute atomic E-state index is 0.126. The second kappa shape index (κ2) is 6.48. The second-order valence-corrected chi connectivity index (χ2v) is 5.75. The molecule has 0 spiro atoms. The summed E-state index contributed by atoms with van der Waals surface area (Å²) in [7, 11) is 0. The number of ether oxygens (including phenoxy) is 1. The highest BCUT2D eigenvalue weighted by Crippen LogP contribution is 2.27. The normalized spacial score (nSPS) is 10.7. The van der Waals surface area contributed by atoms with E-state index in [1.54, 1.807) is 18.2 Å². The van der Waals surface area contributed by atoms with Gasteiger partial charge in [-0.3, -0.25) is 10.1 Å². The molecule has 5 nitrogen and oxygen atoms in total. The first-order valence-corrected chi connectivity index (χ1v) is 7.52. The fraction of sp³-hybridized carbons (Fsp3) is 0.125. The van der Waals surface area contributed by atoms with E-state index in [0.717, 1.165) is 5.56 Å². The van der Waals surface area contributed by atoms with Crippen molar-refractivity contribution in [1.29, 1.82) is 0 Å². The molecule has 0 radical (unpaired) electrons. The average molecular weight is 351 g/mol. The number of fused-ring (bicyclic) bond motifs is 1. The van der Waals surface area contributed by atoms with Gasteiger partial charge in [-0.1, -0.05) is 29.3 Å². The molecule has 0 bridgehead atoms. The zero-order valence-corrected chi connectivity index (χ0v) is 13.6. The molecule has 0 aliphatic carbocycles. The van der Waals surface area contributed by atoms with Crippen LogP contribution in [0.1, 0.15) is 5.56 Å². The summed E-state index contributed by atoms with van der Waals surface area (Å²) in [5.74, 6) is -0.0290. The van der Waals surface area contributed by atoms with Crippen LogP contribution in [0.3, 0.4) is 0 Å². The molecule has 0 unspecified atom stereocenters. The second-order valence-electron chi connectivity index (χ2n) is 4.90. The third kappa shape index (κ3) is 3.75. The summed E-state index contributed by atoms with van der Waals surface area (Å²) in [4.78, 5) is 16.1. The minimum atomic E-state index is -0.403. The molecular formula is C16H12Cl2N2O3. The number of rotatable bonds is 4. The number of oxazole rings is 1. The molecule has 1 amide bonds. The molecule has 1 heterocycles. The molecule has 7 heteroatoms. The molecule has 3 rings (SSSR count). The molecule has 0 aliphatic heterocycles. The fourth-order valence-corrected chi connectivity index (χ4v) is 2.44. The monoisotopic (exact) mass is 350 g/mol. The third-order valence-corrected chi connectivity index (χ3v) is 3.57. The SMILES string of the molecule is Cc1ccc2nc(NC(=O)COc3ccc(Cl)cc3Cl)oc2c1. The maximum atomic E-state index is 11.9. The molecule has 0 atom stereocenters. The van der Waals surface area contributed by atoms with Crippen molar-refractivity contribution in [2.45, 2.75) is 6.92 Å². The first-order chi connectivity index (χ1) is 11.0. The van der Waals surface area contributed by atoms with Crippen LogP contribution in [0.5, 0.6) is 5.75 Å². The lowest BCUT2D eigenvalue weighted by molar-refractivity contribution is -0.118. The Morgan fingerprint density at radius 1 is 1.26 bits per heavy atom. The Labute approximate surface area is 142 Å². The average Bonchev–Trinajstić information content (AvgIpc) is 2.87. The van der Waals surface area contributed by atoms with E-state index < -0.39 is 5.91 Å². The molecule has 0 saturated heterocycles. The number of benzene rings is 2. The molecule has 23 heavy (non-hydrogen) atoms. The smallest absolute Gasteiger partial charge is 0.302 e. The number of aromatic nitrogens is 1. The van der Waals surface area contributed by atoms with Crippen molar-refractivity contribution in [3.63, 3.8) is 0 Å². The van der Waals surface area contributed by atoms with Gasteiger partial charge in [0.15, 0.2) is 12.2 Å². The van der Waals surface area contributed by atoms with Crippen molar-refractivity contribution >= 4 is 46.2 Å². The summed E-state index contributed by atoms with van der Waals surface area (Å²) in [6.45, 7) is 1.73. The topological polar surface area (TPSA) is 64.4 Å². The Morgan fingerprint density at radius 2 is 2.09 bits per heavy atom. The number of hydrogen-bond donors (Lipinski definition) is 1. The maximum absolute atomic E-state index is 11.9. The predicted molar refractivity (Wildman–Crippen MR) is 89.3 cm³/mol. The van der Waals surface area contributed by atoms with E-state index in [1.807, 2.05) is 25.1 Å². The predicted octanol–water partition coefficient (Wildman–Crippen LogP) is 4.46. The quantitative estimate of drug-likeness (QED) is 0.754. The van der Waals surface area contributed by atoms with Crippen molar-refractivity contribution in [1.82, 2.24) is 4.98 Å². The van der Waals surface area contributed by atoms with Crippen LogP contribution in [0.4, 0.5) is 6.01 Å². The van der Waals surface area contributed by atoms with Crippen LogP contribution >= 0.6 is 23.2 Å². The Bertz CT molecular complexity index is 877. The Balaban J connectivity index is 1.64. The van der Waals surface area contributed by atoms with Crippen molar-refractivity contribution in [2.24, 2.45) is 0 Å². The van der Waals surface area contributed by atoms with Gasteiger partial charge < -0.3 is 9.15 Å². The first kappa shape index (κ1) is 15.6. The standard InChI is InChI=1S/C16H12Cl2N2O3/c1-9-2-4-12-14(6-9)23-16(19-12)20-15(21)8-22-13-5-3-10(17)7-11(13)18/h2-7H,8H2,1H3,(H,19,20,21). The first-order valence-electron chi connectivity index (χ1n) is 6.76. The van der Waals surface area contributed by atoms with Crippen LogP contribution in [0, 0.1) is 6.92 Å². The van der Waals surface area contributed by atoms with Gasteiger partial charge in [0, 0.05) is 5.02 Å². The molecular weight excluding hydrogens is 339 g/mol. The highest BCUT2D eigenvalue weighted by atomic mass is 35.5. The van der Waals surface area contributed by atoms with Gasteiger partial charge in [-0.05, 0) is 42.8 Å². The van der Waals surface area contributed by atoms with Gasteiger partial charge in [-0.2, -0.15) is 4.98 Å². The number of carbonyl (C=O) groups excluding carboxylic acids is 1. The largest absolute Gasteiger partial charge is 0.482 e. The van der Waals surface area contributed by atoms with Crippen LogP contribution < -0.4 is 10.1 Å². The maximum Gasteiger partial charge on any atom is 0.302 e. The van der Waals surface area contributed by atoms with Crippen LogP contribution in [-0.4, -0.2) is 17.5 Å². The zero-order valence-electron chi connectivity index (χ0n) is 12.1. The lowest BCUT2D eigenvalue weighted by Gasteiger charge is -2.07. The summed E-state index contributed by atoms with van der Waals surface area (Å²) < 4.78 is 10.8. The fourth-order valence-electron chi connectivity index (χ4n) is 1.98. The van der Waals surface area contributed by atoms with Crippen molar-refractivity contribution in [3.05, 3.63) is 52.0 Å². The van der Waals surface area contributed by atoms with E-state index in [4.69, 9.17) is 32.4 Å². The van der Waals surface area contributed by atoms with Crippen molar-refractivity contribution in [2.75, 3.05) is 11.9 Å². The molecule has 2 aromatic carbocycles. The Morgan fingerprint density at radius 3 is 2.87 bits per heavy atom. The van der Waals surface area contributed by atoms with E-state index in [-0.39, 0.29) is 12.6 Å². The third-order valence-electron chi connectivity index (χ3n) is 3.04. The number of anilines is 1. The number of aryl methyl sites for hydroxylation is 1. The van der Waals surface area contributed by atoms with Crippen LogP contribution in [0.15, 0.2) is 40.8 Å². The van der Waals surface area contributed by atoms with Crippen LogP contribution in [-0.2, 0) is 4.79 Å². The Hall–Kier alpha value is -2.24. The van der Waals surface area contributed by atoms with Crippen LogP contribution in [0.2, 0.25) is 10.0 Å². The lowest BCUT2D eigenvalue weighted by Crippen LogP contribution is -2.20. The van der Waals surface area contributed by atoms with E-state index in [1.165, 1.54) is 0 Å². The van der Waals surface area contributed by atoms with Crippen molar-refractivity contribution in [3.8, 4) is 5.75 Å². The van der Waals surface area contributed by atoms with Crippen LogP contribution in [0.25, 0.3) is 11.1 Å². The van der Waals surface area contributed by atoms with E-state index in [2.05, 4.69) is 10.3 Å². The summed E-state index contributed by atoms with van der Waals surface area (Å²) >= 11 is 11.8. The number of nitrogens with one attached hydrogen (secondary N) is 1. The number of carbonyl (C=O) groups is 1. The van der Waals surface area contributed by atoms with E-state index >= 15 is 0 Å².